The number of ether oxygens (including phenoxy) is 1. The van der Waals surface area contributed by atoms with Crippen molar-refractivity contribution < 1.29 is 9.84 Å². The van der Waals surface area contributed by atoms with Crippen molar-refractivity contribution in [2.45, 2.75) is 33.4 Å². The Morgan fingerprint density at radius 3 is 2.79 bits per heavy atom. The smallest absolute Gasteiger partial charge is 0.172 e. The van der Waals surface area contributed by atoms with E-state index in [2.05, 4.69) is 15.5 Å². The molecular weight excluding hydrogens is 328 g/mol. The van der Waals surface area contributed by atoms with Gasteiger partial charge in [0, 0.05) is 17.6 Å². The lowest BCUT2D eigenvalue weighted by molar-refractivity contribution is 0.209. The largest absolute Gasteiger partial charge is 0.453 e. The van der Waals surface area contributed by atoms with Crippen LogP contribution in [0, 0.1) is 24.2 Å². The van der Waals surface area contributed by atoms with Gasteiger partial charge in [0.15, 0.2) is 5.75 Å². The maximum absolute atomic E-state index is 9.41. The molecule has 0 saturated heterocycles. The second-order valence-electron chi connectivity index (χ2n) is 5.92. The third kappa shape index (κ3) is 4.48. The zero-order chi connectivity index (χ0) is 17.7. The normalized spacial score (nSPS) is 12.2. The maximum Gasteiger partial charge on any atom is 0.172 e. The number of aryl methyl sites for hydroxylation is 1. The number of nitrogens with one attached hydrogen (secondary N) is 2. The standard InChI is InChI=1S/C17H21ClN4O2/c1-10(2)16(9-23)20-8-15-17(11(3)21-22-15)24-14-5-12(7-19)4-13(18)6-14/h4-6,10,16,20,23H,8-9H2,1-3H3,(H,21,22)/t16-/m0/s1. The van der Waals surface area contributed by atoms with Crippen molar-refractivity contribution >= 4 is 11.6 Å². The van der Waals surface area contributed by atoms with Crippen LogP contribution in [0.25, 0.3) is 0 Å². The molecule has 0 radical (unpaired) electrons. The first kappa shape index (κ1) is 18.3. The molecule has 0 spiro atoms. The van der Waals surface area contributed by atoms with Crippen LogP contribution in [0.1, 0.15) is 30.8 Å². The van der Waals surface area contributed by atoms with Crippen LogP contribution in [0.4, 0.5) is 0 Å². The van der Waals surface area contributed by atoms with E-state index < -0.39 is 0 Å². The van der Waals surface area contributed by atoms with Crippen LogP contribution in [0.3, 0.4) is 0 Å². The van der Waals surface area contributed by atoms with E-state index in [1.807, 2.05) is 26.8 Å². The highest BCUT2D eigenvalue weighted by molar-refractivity contribution is 6.30. The lowest BCUT2D eigenvalue weighted by Crippen LogP contribution is -2.36. The number of nitriles is 1. The zero-order valence-corrected chi connectivity index (χ0v) is 14.7. The topological polar surface area (TPSA) is 94.0 Å². The summed E-state index contributed by atoms with van der Waals surface area (Å²) >= 11 is 6.01. The Morgan fingerprint density at radius 2 is 2.17 bits per heavy atom. The summed E-state index contributed by atoms with van der Waals surface area (Å²) in [6, 6.07) is 6.88. The number of H-pyrrole nitrogens is 1. The highest BCUT2D eigenvalue weighted by Gasteiger charge is 2.16. The molecule has 128 valence electrons. The average molecular weight is 349 g/mol. The number of aromatic amines is 1. The lowest BCUT2D eigenvalue weighted by Gasteiger charge is -2.19. The highest BCUT2D eigenvalue weighted by atomic mass is 35.5. The molecule has 0 aliphatic rings. The highest BCUT2D eigenvalue weighted by Crippen LogP contribution is 2.30. The van der Waals surface area contributed by atoms with Gasteiger partial charge in [0.2, 0.25) is 0 Å². The number of nitrogens with zero attached hydrogens (tertiary/aromatic N) is 2. The van der Waals surface area contributed by atoms with Crippen molar-refractivity contribution in [3.8, 4) is 17.6 Å². The fraction of sp³-hybridized carbons (Fsp3) is 0.412. The van der Waals surface area contributed by atoms with Crippen molar-refractivity contribution in [3.63, 3.8) is 0 Å². The van der Waals surface area contributed by atoms with Gasteiger partial charge < -0.3 is 15.2 Å². The summed E-state index contributed by atoms with van der Waals surface area (Å²) < 4.78 is 5.90. The molecule has 2 rings (SSSR count). The van der Waals surface area contributed by atoms with Crippen molar-refractivity contribution in [2.75, 3.05) is 6.61 Å². The second kappa shape index (κ2) is 8.15. The number of benzene rings is 1. The molecule has 0 unspecified atom stereocenters. The molecule has 2 aromatic rings. The molecule has 6 nitrogen and oxygen atoms in total. The molecule has 0 aliphatic heterocycles. The first-order valence-corrected chi connectivity index (χ1v) is 8.09. The van der Waals surface area contributed by atoms with E-state index in [1.54, 1.807) is 18.2 Å². The minimum absolute atomic E-state index is 0.0159. The Labute approximate surface area is 146 Å². The summed E-state index contributed by atoms with van der Waals surface area (Å²) in [4.78, 5) is 0. The molecule has 1 heterocycles. The predicted octanol–water partition coefficient (Wildman–Crippen LogP) is 3.14. The van der Waals surface area contributed by atoms with E-state index in [0.717, 1.165) is 5.69 Å². The third-order valence-corrected chi connectivity index (χ3v) is 3.94. The zero-order valence-electron chi connectivity index (χ0n) is 13.9. The van der Waals surface area contributed by atoms with Crippen LogP contribution < -0.4 is 10.1 Å². The number of aliphatic hydroxyl groups is 1. The lowest BCUT2D eigenvalue weighted by atomic mass is 10.1. The van der Waals surface area contributed by atoms with Gasteiger partial charge in [0.1, 0.15) is 11.4 Å². The Kier molecular flexibility index (Phi) is 6.21. The first-order valence-electron chi connectivity index (χ1n) is 7.71. The number of aromatic nitrogens is 2. The molecule has 7 heteroatoms. The monoisotopic (exact) mass is 348 g/mol. The Morgan fingerprint density at radius 1 is 1.42 bits per heavy atom. The Hall–Kier alpha value is -2.07. The molecule has 0 saturated carbocycles. The van der Waals surface area contributed by atoms with Crippen LogP contribution in [0.5, 0.6) is 11.5 Å². The summed E-state index contributed by atoms with van der Waals surface area (Å²) in [6.07, 6.45) is 0. The molecule has 1 aromatic carbocycles. The summed E-state index contributed by atoms with van der Waals surface area (Å²) in [5, 5.41) is 29.3. The van der Waals surface area contributed by atoms with Gasteiger partial charge in [-0.25, -0.2) is 0 Å². The van der Waals surface area contributed by atoms with Crippen molar-refractivity contribution in [3.05, 3.63) is 40.2 Å². The van der Waals surface area contributed by atoms with Gasteiger partial charge in [-0.2, -0.15) is 10.4 Å². The quantitative estimate of drug-likeness (QED) is 0.714. The Balaban J connectivity index is 2.18. The summed E-state index contributed by atoms with van der Waals surface area (Å²) in [5.74, 6) is 1.37. The van der Waals surface area contributed by atoms with E-state index in [0.29, 0.717) is 40.2 Å². The molecular formula is C17H21ClN4O2. The first-order chi connectivity index (χ1) is 11.4. The number of aliphatic hydroxyl groups excluding tert-OH is 1. The van der Waals surface area contributed by atoms with Crippen LogP contribution >= 0.6 is 11.6 Å². The molecule has 0 amide bonds. The summed E-state index contributed by atoms with van der Waals surface area (Å²) in [7, 11) is 0. The van der Waals surface area contributed by atoms with E-state index in [4.69, 9.17) is 21.6 Å². The van der Waals surface area contributed by atoms with Gasteiger partial charge in [-0.3, -0.25) is 5.10 Å². The summed E-state index contributed by atoms with van der Waals surface area (Å²) in [6.45, 7) is 6.45. The van der Waals surface area contributed by atoms with Gasteiger partial charge in [-0.15, -0.1) is 0 Å². The Bertz CT molecular complexity index is 737. The number of halogens is 1. The van der Waals surface area contributed by atoms with Gasteiger partial charge in [0.05, 0.1) is 23.9 Å². The average Bonchev–Trinajstić information content (AvgIpc) is 2.87. The molecule has 1 atom stereocenters. The van der Waals surface area contributed by atoms with Crippen molar-refractivity contribution in [1.29, 1.82) is 5.26 Å². The van der Waals surface area contributed by atoms with Crippen molar-refractivity contribution in [1.82, 2.24) is 15.5 Å². The number of rotatable bonds is 7. The van der Waals surface area contributed by atoms with Gasteiger partial charge in [-0.1, -0.05) is 25.4 Å². The number of hydrogen-bond acceptors (Lipinski definition) is 5. The van der Waals surface area contributed by atoms with Gasteiger partial charge in [0.25, 0.3) is 0 Å². The van der Waals surface area contributed by atoms with E-state index in [-0.39, 0.29) is 12.6 Å². The second-order valence-corrected chi connectivity index (χ2v) is 6.36. The van der Waals surface area contributed by atoms with Crippen LogP contribution in [-0.2, 0) is 6.54 Å². The molecule has 0 fully saturated rings. The van der Waals surface area contributed by atoms with E-state index in [9.17, 15) is 5.11 Å². The molecule has 0 aliphatic carbocycles. The van der Waals surface area contributed by atoms with Gasteiger partial charge >= 0.3 is 0 Å². The molecule has 3 N–H and O–H groups in total. The summed E-state index contributed by atoms with van der Waals surface area (Å²) in [5.41, 5.74) is 1.90. The fourth-order valence-electron chi connectivity index (χ4n) is 2.27. The number of hydrogen-bond donors (Lipinski definition) is 3. The van der Waals surface area contributed by atoms with E-state index in [1.165, 1.54) is 0 Å². The van der Waals surface area contributed by atoms with Crippen molar-refractivity contribution in [2.24, 2.45) is 5.92 Å². The van der Waals surface area contributed by atoms with Crippen LogP contribution in [0.15, 0.2) is 18.2 Å². The molecule has 24 heavy (non-hydrogen) atoms. The minimum atomic E-state index is -0.0159. The molecule has 0 bridgehead atoms. The van der Waals surface area contributed by atoms with Gasteiger partial charge in [-0.05, 0) is 31.0 Å². The fourth-order valence-corrected chi connectivity index (χ4v) is 2.50. The predicted molar refractivity (Wildman–Crippen MR) is 92.1 cm³/mol. The van der Waals surface area contributed by atoms with Crippen LogP contribution in [-0.4, -0.2) is 28.0 Å². The molecule has 1 aromatic heterocycles. The van der Waals surface area contributed by atoms with E-state index >= 15 is 0 Å². The third-order valence-electron chi connectivity index (χ3n) is 3.72. The maximum atomic E-state index is 9.41. The minimum Gasteiger partial charge on any atom is -0.453 e. The van der Waals surface area contributed by atoms with Crippen LogP contribution in [0.2, 0.25) is 5.02 Å². The SMILES string of the molecule is Cc1n[nH]c(CN[C@@H](CO)C(C)C)c1Oc1cc(Cl)cc(C#N)c1.